The highest BCUT2D eigenvalue weighted by atomic mass is 32.1. The van der Waals surface area contributed by atoms with Crippen molar-refractivity contribution >= 4 is 17.2 Å². The number of thiophene rings is 1. The number of benzene rings is 1. The van der Waals surface area contributed by atoms with Crippen LogP contribution in [0.2, 0.25) is 0 Å². The zero-order valence-electron chi connectivity index (χ0n) is 11.3. The predicted octanol–water partition coefficient (Wildman–Crippen LogP) is 2.70. The van der Waals surface area contributed by atoms with Crippen LogP contribution in [0.3, 0.4) is 0 Å². The van der Waals surface area contributed by atoms with E-state index in [-0.39, 0.29) is 11.9 Å². The molecule has 0 unspecified atom stereocenters. The van der Waals surface area contributed by atoms with E-state index in [9.17, 15) is 9.90 Å². The van der Waals surface area contributed by atoms with E-state index in [2.05, 4.69) is 5.32 Å². The summed E-state index contributed by atoms with van der Waals surface area (Å²) in [5, 5.41) is 15.1. The van der Waals surface area contributed by atoms with Gasteiger partial charge in [0.2, 0.25) is 0 Å². The Morgan fingerprint density at radius 2 is 2.20 bits per heavy atom. The van der Waals surface area contributed by atoms with E-state index < -0.39 is 6.10 Å². The van der Waals surface area contributed by atoms with Crippen LogP contribution in [0.15, 0.2) is 35.7 Å². The van der Waals surface area contributed by atoms with Gasteiger partial charge in [-0.2, -0.15) is 0 Å². The Balaban J connectivity index is 1.83. The highest BCUT2D eigenvalue weighted by Gasteiger charge is 2.32. The minimum atomic E-state index is -0.540. The average Bonchev–Trinajstić information content (AvgIpc) is 3.04. The van der Waals surface area contributed by atoms with Gasteiger partial charge in [-0.05, 0) is 34.6 Å². The smallest absolute Gasteiger partial charge is 0.262 e. The van der Waals surface area contributed by atoms with Gasteiger partial charge in [-0.15, -0.1) is 11.3 Å². The van der Waals surface area contributed by atoms with Crippen molar-refractivity contribution in [3.63, 3.8) is 0 Å². The number of amides is 1. The summed E-state index contributed by atoms with van der Waals surface area (Å²) in [7, 11) is 0. The molecule has 3 nitrogen and oxygen atoms in total. The fourth-order valence-corrected chi connectivity index (χ4v) is 3.67. The predicted molar refractivity (Wildman–Crippen MR) is 80.1 cm³/mol. The number of nitrogens with one attached hydrogen (secondary N) is 1. The normalized spacial score (nSPS) is 20.7. The van der Waals surface area contributed by atoms with E-state index in [0.29, 0.717) is 6.42 Å². The number of rotatable bonds is 3. The average molecular weight is 287 g/mol. The van der Waals surface area contributed by atoms with Gasteiger partial charge in [0.25, 0.3) is 5.91 Å². The molecule has 1 aromatic carbocycles. The van der Waals surface area contributed by atoms with Crippen LogP contribution < -0.4 is 5.32 Å². The Morgan fingerprint density at radius 3 is 3.00 bits per heavy atom. The summed E-state index contributed by atoms with van der Waals surface area (Å²) >= 11 is 1.45. The largest absolute Gasteiger partial charge is 0.390 e. The van der Waals surface area contributed by atoms with Crippen LogP contribution in [0.5, 0.6) is 0 Å². The van der Waals surface area contributed by atoms with Crippen molar-refractivity contribution in [1.82, 2.24) is 5.32 Å². The third kappa shape index (κ3) is 2.25. The lowest BCUT2D eigenvalue weighted by molar-refractivity contribution is 0.0861. The number of hydrogen-bond acceptors (Lipinski definition) is 3. The molecule has 0 fully saturated rings. The van der Waals surface area contributed by atoms with Gasteiger partial charge in [0.15, 0.2) is 0 Å². The summed E-state index contributed by atoms with van der Waals surface area (Å²) in [6.07, 6.45) is 0.906. The molecule has 4 heteroatoms. The van der Waals surface area contributed by atoms with Gasteiger partial charge in [0, 0.05) is 6.42 Å². The summed E-state index contributed by atoms with van der Waals surface area (Å²) in [5.41, 5.74) is 3.21. The molecule has 0 saturated heterocycles. The van der Waals surface area contributed by atoms with Crippen LogP contribution in [0.1, 0.15) is 39.3 Å². The molecule has 0 bridgehead atoms. The van der Waals surface area contributed by atoms with Gasteiger partial charge in [-0.1, -0.05) is 31.2 Å². The second kappa shape index (κ2) is 5.38. The maximum atomic E-state index is 12.4. The second-order valence-electron chi connectivity index (χ2n) is 5.05. The topological polar surface area (TPSA) is 49.3 Å². The van der Waals surface area contributed by atoms with Crippen LogP contribution >= 0.6 is 11.3 Å². The Hall–Kier alpha value is -1.65. The van der Waals surface area contributed by atoms with Crippen molar-refractivity contribution in [3.8, 4) is 0 Å². The molecular weight excluding hydrogens is 270 g/mol. The first kappa shape index (κ1) is 13.3. The molecule has 1 aliphatic carbocycles. The SMILES string of the molecule is CCc1ccsc1C(=O)N[C@@H]1c2ccccc2C[C@@H]1O. The second-order valence-corrected chi connectivity index (χ2v) is 5.97. The minimum absolute atomic E-state index is 0.0856. The van der Waals surface area contributed by atoms with Crippen LogP contribution in [0.25, 0.3) is 0 Å². The first-order valence-corrected chi connectivity index (χ1v) is 7.71. The number of fused-ring (bicyclic) bond motifs is 1. The van der Waals surface area contributed by atoms with E-state index in [1.54, 1.807) is 0 Å². The molecule has 20 heavy (non-hydrogen) atoms. The van der Waals surface area contributed by atoms with Crippen molar-refractivity contribution in [2.45, 2.75) is 31.9 Å². The van der Waals surface area contributed by atoms with E-state index >= 15 is 0 Å². The standard InChI is InChI=1S/C16H17NO2S/c1-2-10-7-8-20-15(10)16(19)17-14-12-6-4-3-5-11(12)9-13(14)18/h3-8,13-14,18H,2,9H2,1H3,(H,17,19)/t13-,14+/m0/s1. The lowest BCUT2D eigenvalue weighted by Crippen LogP contribution is -2.33. The zero-order chi connectivity index (χ0) is 14.1. The summed E-state index contributed by atoms with van der Waals surface area (Å²) in [6.45, 7) is 2.04. The number of aliphatic hydroxyl groups is 1. The Morgan fingerprint density at radius 1 is 1.40 bits per heavy atom. The number of carbonyl (C=O) groups excluding carboxylic acids is 1. The Bertz CT molecular complexity index is 635. The molecule has 1 heterocycles. The van der Waals surface area contributed by atoms with E-state index in [1.807, 2.05) is 42.6 Å². The molecule has 2 N–H and O–H groups in total. The summed E-state index contributed by atoms with van der Waals surface area (Å²) < 4.78 is 0. The van der Waals surface area contributed by atoms with E-state index in [4.69, 9.17) is 0 Å². The first-order chi connectivity index (χ1) is 9.70. The molecule has 0 aliphatic heterocycles. The number of carbonyl (C=O) groups is 1. The fourth-order valence-electron chi connectivity index (χ4n) is 2.77. The Kier molecular flexibility index (Phi) is 3.59. The van der Waals surface area contributed by atoms with E-state index in [0.717, 1.165) is 28.0 Å². The van der Waals surface area contributed by atoms with Gasteiger partial charge in [0.1, 0.15) is 0 Å². The van der Waals surface area contributed by atoms with Crippen molar-refractivity contribution in [1.29, 1.82) is 0 Å². The van der Waals surface area contributed by atoms with Gasteiger partial charge in [-0.25, -0.2) is 0 Å². The minimum Gasteiger partial charge on any atom is -0.390 e. The van der Waals surface area contributed by atoms with Crippen molar-refractivity contribution in [2.75, 3.05) is 0 Å². The maximum Gasteiger partial charge on any atom is 0.262 e. The lowest BCUT2D eigenvalue weighted by atomic mass is 10.1. The van der Waals surface area contributed by atoms with Gasteiger partial charge in [-0.3, -0.25) is 4.79 Å². The highest BCUT2D eigenvalue weighted by Crippen LogP contribution is 2.32. The molecular formula is C16H17NO2S. The maximum absolute atomic E-state index is 12.4. The molecule has 104 valence electrons. The van der Waals surface area contributed by atoms with Gasteiger partial charge >= 0.3 is 0 Å². The van der Waals surface area contributed by atoms with Crippen molar-refractivity contribution < 1.29 is 9.90 Å². The number of hydrogen-bond donors (Lipinski definition) is 2. The van der Waals surface area contributed by atoms with Crippen LogP contribution in [0.4, 0.5) is 0 Å². The molecule has 0 spiro atoms. The van der Waals surface area contributed by atoms with E-state index in [1.165, 1.54) is 11.3 Å². The van der Waals surface area contributed by atoms with Crippen LogP contribution in [-0.4, -0.2) is 17.1 Å². The van der Waals surface area contributed by atoms with Gasteiger partial charge in [0.05, 0.1) is 17.0 Å². The Labute approximate surface area is 122 Å². The third-order valence-electron chi connectivity index (χ3n) is 3.82. The quantitative estimate of drug-likeness (QED) is 0.912. The van der Waals surface area contributed by atoms with Crippen LogP contribution in [0, 0.1) is 0 Å². The summed E-state index contributed by atoms with van der Waals surface area (Å²) in [5.74, 6) is -0.0856. The number of aryl methyl sites for hydroxylation is 1. The molecule has 2 aromatic rings. The molecule has 1 aromatic heterocycles. The summed E-state index contributed by atoms with van der Waals surface area (Å²) in [6, 6.07) is 9.57. The fraction of sp³-hybridized carbons (Fsp3) is 0.312. The third-order valence-corrected chi connectivity index (χ3v) is 4.78. The van der Waals surface area contributed by atoms with Crippen molar-refractivity contribution in [3.05, 3.63) is 57.3 Å². The number of aliphatic hydroxyl groups excluding tert-OH is 1. The molecule has 3 rings (SSSR count). The molecule has 2 atom stereocenters. The summed E-state index contributed by atoms with van der Waals surface area (Å²) in [4.78, 5) is 13.1. The highest BCUT2D eigenvalue weighted by molar-refractivity contribution is 7.12. The molecule has 1 amide bonds. The van der Waals surface area contributed by atoms with Crippen LogP contribution in [-0.2, 0) is 12.8 Å². The molecule has 0 radical (unpaired) electrons. The molecule has 0 saturated carbocycles. The van der Waals surface area contributed by atoms with Crippen molar-refractivity contribution in [2.24, 2.45) is 0 Å². The first-order valence-electron chi connectivity index (χ1n) is 6.83. The van der Waals surface area contributed by atoms with Gasteiger partial charge < -0.3 is 10.4 Å². The monoisotopic (exact) mass is 287 g/mol. The lowest BCUT2D eigenvalue weighted by Gasteiger charge is -2.18. The molecule has 1 aliphatic rings. The zero-order valence-corrected chi connectivity index (χ0v) is 12.1.